The van der Waals surface area contributed by atoms with Crippen molar-refractivity contribution in [2.75, 3.05) is 0 Å². The van der Waals surface area contributed by atoms with E-state index in [1.165, 1.54) is 0 Å². The van der Waals surface area contributed by atoms with Crippen LogP contribution in [0.1, 0.15) is 13.3 Å². The van der Waals surface area contributed by atoms with Gasteiger partial charge in [-0.25, -0.2) is 0 Å². The van der Waals surface area contributed by atoms with Crippen LogP contribution in [0.5, 0.6) is 0 Å². The van der Waals surface area contributed by atoms with E-state index in [0.717, 1.165) is 6.42 Å². The van der Waals surface area contributed by atoms with Gasteiger partial charge in [0, 0.05) is 0 Å². The molecule has 0 unspecified atom stereocenters. The molecule has 0 aromatic rings. The van der Waals surface area contributed by atoms with E-state index in [0.29, 0.717) is 0 Å². The quantitative estimate of drug-likeness (QED) is 0.423. The predicted molar refractivity (Wildman–Crippen MR) is 35.7 cm³/mol. The molecule has 0 radical (unpaired) electrons. The summed E-state index contributed by atoms with van der Waals surface area (Å²) in [6, 6.07) is 0. The first kappa shape index (κ1) is 10.2. The Labute approximate surface area is 61.3 Å². The molecule has 0 aliphatic rings. The van der Waals surface area contributed by atoms with Crippen LogP contribution in [0.4, 0.5) is 0 Å². The van der Waals surface area contributed by atoms with Gasteiger partial charge >= 0.3 is 19.8 Å². The molecule has 0 aromatic heterocycles. The number of halogens is 2. The zero-order valence-corrected chi connectivity index (χ0v) is 4.55. The molecule has 0 spiro atoms. The molecule has 6 heavy (non-hydrogen) atoms. The van der Waals surface area contributed by atoms with Crippen LogP contribution >= 0.6 is 23.2 Å². The standard InChI is InChI=1S/C3H6Cl2.Ga.3H/c1-2-3(4)5;;;;/h3H,2H2,1H3;;;;. The van der Waals surface area contributed by atoms with Crippen molar-refractivity contribution >= 4 is 43.0 Å². The van der Waals surface area contributed by atoms with Crippen LogP contribution in [0.15, 0.2) is 0 Å². The predicted octanol–water partition coefficient (Wildman–Crippen LogP) is 1.02. The van der Waals surface area contributed by atoms with Gasteiger partial charge in [0.25, 0.3) is 0 Å². The summed E-state index contributed by atoms with van der Waals surface area (Å²) in [5.41, 5.74) is 0. The third-order valence-electron chi connectivity index (χ3n) is 0.309. The Morgan fingerprint density at radius 3 is 1.67 bits per heavy atom. The molecule has 0 N–H and O–H groups in total. The molecule has 0 saturated carbocycles. The fourth-order valence-corrected chi connectivity index (χ4v) is 0. The third-order valence-corrected chi connectivity index (χ3v) is 0.926. The van der Waals surface area contributed by atoms with E-state index in [-0.39, 0.29) is 24.6 Å². The second kappa shape index (κ2) is 6.22. The maximum atomic E-state index is 5.23. The number of hydrogen-bond donors (Lipinski definition) is 0. The fraction of sp³-hybridized carbons (Fsp3) is 1.00. The molecule has 3 heteroatoms. The van der Waals surface area contributed by atoms with Crippen molar-refractivity contribution in [2.45, 2.75) is 18.2 Å². The molecular weight excluding hydrogens is 177 g/mol. The van der Waals surface area contributed by atoms with E-state index in [4.69, 9.17) is 23.2 Å². The van der Waals surface area contributed by atoms with E-state index in [2.05, 4.69) is 0 Å². The average Bonchev–Trinajstić information content (AvgIpc) is 1.38. The second-order valence-electron chi connectivity index (χ2n) is 0.799. The maximum absolute atomic E-state index is 5.23. The Hall–Kier alpha value is 1.22. The third kappa shape index (κ3) is 8.96. The van der Waals surface area contributed by atoms with Crippen molar-refractivity contribution in [1.29, 1.82) is 0 Å². The summed E-state index contributed by atoms with van der Waals surface area (Å²) in [7, 11) is 0. The first-order valence-corrected chi connectivity index (χ1v) is 2.42. The summed E-state index contributed by atoms with van der Waals surface area (Å²) < 4.78 is 0. The fourth-order valence-electron chi connectivity index (χ4n) is 0. The molecule has 0 bridgehead atoms. The van der Waals surface area contributed by atoms with E-state index >= 15 is 0 Å². The molecule has 38 valence electrons. The Morgan fingerprint density at radius 2 is 1.67 bits per heavy atom. The van der Waals surface area contributed by atoms with Gasteiger partial charge in [-0.2, -0.15) is 0 Å². The summed E-state index contributed by atoms with van der Waals surface area (Å²) in [5, 5.41) is 0. The molecule has 0 heterocycles. The van der Waals surface area contributed by atoms with E-state index in [1.54, 1.807) is 0 Å². The Kier molecular flexibility index (Phi) is 10.6. The van der Waals surface area contributed by atoms with Crippen molar-refractivity contribution in [3.05, 3.63) is 0 Å². The molecular formula is C3H9Cl2Ga. The van der Waals surface area contributed by atoms with Crippen molar-refractivity contribution < 1.29 is 0 Å². The monoisotopic (exact) mass is 184 g/mol. The summed E-state index contributed by atoms with van der Waals surface area (Å²) in [5.74, 6) is 0. The SMILES string of the molecule is CCC(Cl)Cl.[GaH3]. The molecule has 0 aliphatic carbocycles. The van der Waals surface area contributed by atoms with Crippen molar-refractivity contribution in [3.63, 3.8) is 0 Å². The molecule has 0 aliphatic heterocycles. The molecule has 0 nitrogen and oxygen atoms in total. The van der Waals surface area contributed by atoms with Crippen LogP contribution in [0.3, 0.4) is 0 Å². The minimum absolute atomic E-state index is 0. The van der Waals surface area contributed by atoms with Gasteiger partial charge in [-0.05, 0) is 6.42 Å². The van der Waals surface area contributed by atoms with E-state index in [1.807, 2.05) is 6.92 Å². The van der Waals surface area contributed by atoms with Crippen molar-refractivity contribution in [1.82, 2.24) is 0 Å². The number of rotatable bonds is 1. The van der Waals surface area contributed by atoms with Crippen LogP contribution in [0.2, 0.25) is 0 Å². The Balaban J connectivity index is 0. The van der Waals surface area contributed by atoms with Crippen LogP contribution in [0, 0.1) is 0 Å². The average molecular weight is 186 g/mol. The summed E-state index contributed by atoms with van der Waals surface area (Å²) >= 11 is 10.5. The molecule has 0 atom stereocenters. The first-order valence-electron chi connectivity index (χ1n) is 1.55. The molecule has 0 saturated heterocycles. The van der Waals surface area contributed by atoms with E-state index in [9.17, 15) is 0 Å². The topological polar surface area (TPSA) is 0 Å². The van der Waals surface area contributed by atoms with Gasteiger partial charge in [-0.3, -0.25) is 0 Å². The molecule has 0 fully saturated rings. The first-order chi connectivity index (χ1) is 2.27. The van der Waals surface area contributed by atoms with Gasteiger partial charge in [-0.15, -0.1) is 23.2 Å². The van der Waals surface area contributed by atoms with Crippen molar-refractivity contribution in [3.8, 4) is 0 Å². The molecule has 0 amide bonds. The zero-order valence-electron chi connectivity index (χ0n) is 3.04. The number of hydrogen-bond acceptors (Lipinski definition) is 0. The Bertz CT molecular complexity index is 22.8. The van der Waals surface area contributed by atoms with Gasteiger partial charge < -0.3 is 0 Å². The molecule has 0 rings (SSSR count). The zero-order chi connectivity index (χ0) is 4.28. The summed E-state index contributed by atoms with van der Waals surface area (Å²) in [6.45, 7) is 1.94. The number of alkyl halides is 2. The van der Waals surface area contributed by atoms with Crippen LogP contribution in [-0.4, -0.2) is 24.6 Å². The van der Waals surface area contributed by atoms with Crippen LogP contribution in [0.25, 0.3) is 0 Å². The van der Waals surface area contributed by atoms with Crippen LogP contribution in [-0.2, 0) is 0 Å². The van der Waals surface area contributed by atoms with Gasteiger partial charge in [0.15, 0.2) is 0 Å². The minimum atomic E-state index is -0.171. The second-order valence-corrected chi connectivity index (χ2v) is 2.08. The van der Waals surface area contributed by atoms with E-state index < -0.39 is 0 Å². The normalized spacial score (nSPS) is 8.00. The van der Waals surface area contributed by atoms with Gasteiger partial charge in [0.2, 0.25) is 0 Å². The van der Waals surface area contributed by atoms with Gasteiger partial charge in [0.05, 0.1) is 0 Å². The van der Waals surface area contributed by atoms with Gasteiger partial charge in [0.1, 0.15) is 4.84 Å². The van der Waals surface area contributed by atoms with Crippen LogP contribution < -0.4 is 0 Å². The summed E-state index contributed by atoms with van der Waals surface area (Å²) in [4.78, 5) is -0.171. The van der Waals surface area contributed by atoms with Gasteiger partial charge in [-0.1, -0.05) is 6.92 Å². The van der Waals surface area contributed by atoms with Crippen molar-refractivity contribution in [2.24, 2.45) is 0 Å². The summed E-state index contributed by atoms with van der Waals surface area (Å²) in [6.07, 6.45) is 0.836. The Morgan fingerprint density at radius 1 is 1.50 bits per heavy atom. The molecule has 0 aromatic carbocycles.